The van der Waals surface area contributed by atoms with Crippen LogP contribution in [-0.2, 0) is 4.79 Å². The van der Waals surface area contributed by atoms with Gasteiger partial charge >= 0.3 is 0 Å². The summed E-state index contributed by atoms with van der Waals surface area (Å²) in [5.41, 5.74) is -0.490. The zero-order chi connectivity index (χ0) is 20.3. The molecule has 3 rings (SSSR count). The summed E-state index contributed by atoms with van der Waals surface area (Å²) in [6.45, 7) is 1.80. The minimum absolute atomic E-state index is 0.0421. The van der Waals surface area contributed by atoms with Gasteiger partial charge in [-0.1, -0.05) is 36.2 Å². The van der Waals surface area contributed by atoms with Crippen LogP contribution in [0.1, 0.15) is 43.0 Å². The Kier molecular flexibility index (Phi) is 5.70. The van der Waals surface area contributed by atoms with E-state index in [1.165, 1.54) is 12.1 Å². The van der Waals surface area contributed by atoms with E-state index in [1.807, 2.05) is 12.2 Å². The van der Waals surface area contributed by atoms with E-state index in [0.29, 0.717) is 30.7 Å². The van der Waals surface area contributed by atoms with Crippen molar-refractivity contribution in [2.75, 3.05) is 0 Å². The zero-order valence-electron chi connectivity index (χ0n) is 15.4. The maximum atomic E-state index is 13.6. The minimum atomic E-state index is -1.44. The average molecular weight is 399 g/mol. The first-order chi connectivity index (χ1) is 13.4. The fraction of sp³-hybridized carbons (Fsp3) is 0.286. The quantitative estimate of drug-likeness (QED) is 0.308. The molecule has 1 unspecified atom stereocenters. The number of ketones is 2. The standard InChI is InChI=1S/C21H19ClN2O4/c1-14-7-3-2-4-8-18(23-14)21(12-6-5-9-19(21)25)20(26)16-11-10-15(24(27)28)13-17(16)22/h2-4,7-8,10-11,13H,5-6,9,12H2,1H3. The molecule has 1 heterocycles. The number of carbonyl (C=O) groups is 2. The average Bonchev–Trinajstić information content (AvgIpc) is 2.64. The molecule has 1 atom stereocenters. The third kappa shape index (κ3) is 3.60. The monoisotopic (exact) mass is 398 g/mol. The van der Waals surface area contributed by atoms with Gasteiger partial charge in [0, 0.05) is 29.8 Å². The molecule has 144 valence electrons. The molecule has 1 saturated carbocycles. The van der Waals surface area contributed by atoms with Crippen molar-refractivity contribution >= 4 is 34.6 Å². The van der Waals surface area contributed by atoms with E-state index >= 15 is 0 Å². The lowest BCUT2D eigenvalue weighted by molar-refractivity contribution is -0.384. The molecular weight excluding hydrogens is 380 g/mol. The lowest BCUT2D eigenvalue weighted by Crippen LogP contribution is -2.48. The lowest BCUT2D eigenvalue weighted by Gasteiger charge is -2.35. The Labute approximate surface area is 167 Å². The van der Waals surface area contributed by atoms with Crippen LogP contribution >= 0.6 is 11.6 Å². The van der Waals surface area contributed by atoms with Crippen molar-refractivity contribution in [3.63, 3.8) is 0 Å². The molecule has 7 heteroatoms. The molecule has 0 radical (unpaired) electrons. The van der Waals surface area contributed by atoms with Crippen LogP contribution in [0.2, 0.25) is 5.02 Å². The Bertz CT molecular complexity index is 975. The second-order valence-corrected chi connectivity index (χ2v) is 7.24. The summed E-state index contributed by atoms with van der Waals surface area (Å²) < 4.78 is 0. The molecule has 0 amide bonds. The predicted molar refractivity (Wildman–Crippen MR) is 108 cm³/mol. The highest BCUT2D eigenvalue weighted by Crippen LogP contribution is 2.41. The number of rotatable bonds is 4. The number of hydrogen-bond donors (Lipinski definition) is 0. The summed E-state index contributed by atoms with van der Waals surface area (Å²) in [4.78, 5) is 41.7. The molecule has 1 aliphatic carbocycles. The topological polar surface area (TPSA) is 89.6 Å². The highest BCUT2D eigenvalue weighted by molar-refractivity contribution is 6.39. The molecule has 0 saturated heterocycles. The minimum Gasteiger partial charge on any atom is -0.298 e. The molecule has 1 aliphatic heterocycles. The highest BCUT2D eigenvalue weighted by atomic mass is 35.5. The van der Waals surface area contributed by atoms with E-state index in [2.05, 4.69) is 4.99 Å². The Morgan fingerprint density at radius 3 is 2.71 bits per heavy atom. The fourth-order valence-electron chi connectivity index (χ4n) is 3.60. The Hall–Kier alpha value is -2.86. The van der Waals surface area contributed by atoms with Crippen molar-refractivity contribution in [2.45, 2.75) is 32.6 Å². The number of benzene rings is 1. The molecule has 1 aromatic rings. The van der Waals surface area contributed by atoms with Gasteiger partial charge in [-0.05, 0) is 38.0 Å². The van der Waals surface area contributed by atoms with Gasteiger partial charge < -0.3 is 0 Å². The van der Waals surface area contributed by atoms with Crippen molar-refractivity contribution in [1.29, 1.82) is 0 Å². The summed E-state index contributed by atoms with van der Waals surface area (Å²) in [5.74, 6) is -0.656. The van der Waals surface area contributed by atoms with Crippen LogP contribution in [0.25, 0.3) is 0 Å². The third-order valence-corrected chi connectivity index (χ3v) is 5.34. The summed E-state index contributed by atoms with van der Waals surface area (Å²) >= 11 is 6.21. The molecule has 28 heavy (non-hydrogen) atoms. The summed E-state index contributed by atoms with van der Waals surface area (Å²) in [7, 11) is 0. The highest BCUT2D eigenvalue weighted by Gasteiger charge is 2.50. The van der Waals surface area contributed by atoms with Gasteiger partial charge in [-0.25, -0.2) is 0 Å². The first-order valence-electron chi connectivity index (χ1n) is 8.99. The van der Waals surface area contributed by atoms with Crippen molar-refractivity contribution < 1.29 is 14.5 Å². The number of non-ortho nitro benzene ring substituents is 1. The van der Waals surface area contributed by atoms with Gasteiger partial charge in [0.1, 0.15) is 5.41 Å². The van der Waals surface area contributed by atoms with Gasteiger partial charge in [0.05, 0.1) is 15.7 Å². The number of aliphatic imine (C=N–C) groups is 1. The predicted octanol–water partition coefficient (Wildman–Crippen LogP) is 5.03. The number of hydrogen-bond acceptors (Lipinski definition) is 5. The third-order valence-electron chi connectivity index (χ3n) is 5.03. The number of allylic oxidation sites excluding steroid dienone is 6. The maximum absolute atomic E-state index is 13.6. The van der Waals surface area contributed by atoms with Gasteiger partial charge in [-0.3, -0.25) is 24.7 Å². The number of nitro groups is 1. The molecule has 1 aromatic carbocycles. The van der Waals surface area contributed by atoms with E-state index < -0.39 is 16.1 Å². The second kappa shape index (κ2) is 8.02. The molecule has 0 aromatic heterocycles. The van der Waals surface area contributed by atoms with Gasteiger partial charge in [0.2, 0.25) is 0 Å². The van der Waals surface area contributed by atoms with Gasteiger partial charge in [0.15, 0.2) is 11.6 Å². The lowest BCUT2D eigenvalue weighted by atomic mass is 9.65. The molecule has 0 N–H and O–H groups in total. The van der Waals surface area contributed by atoms with Crippen LogP contribution in [0.15, 0.2) is 59.3 Å². The smallest absolute Gasteiger partial charge is 0.270 e. The number of nitro benzene ring substituents is 1. The second-order valence-electron chi connectivity index (χ2n) is 6.84. The number of nitrogens with zero attached hydrogens (tertiary/aromatic N) is 2. The zero-order valence-corrected chi connectivity index (χ0v) is 16.1. The van der Waals surface area contributed by atoms with Gasteiger partial charge in [-0.15, -0.1) is 0 Å². The Morgan fingerprint density at radius 2 is 2.04 bits per heavy atom. The Morgan fingerprint density at radius 1 is 1.25 bits per heavy atom. The number of halogens is 1. The summed E-state index contributed by atoms with van der Waals surface area (Å²) in [5, 5.41) is 10.9. The van der Waals surface area contributed by atoms with Crippen molar-refractivity contribution in [1.82, 2.24) is 0 Å². The fourth-order valence-corrected chi connectivity index (χ4v) is 3.86. The molecule has 0 spiro atoms. The van der Waals surface area contributed by atoms with E-state index in [-0.39, 0.29) is 28.5 Å². The summed E-state index contributed by atoms with van der Waals surface area (Å²) in [6, 6.07) is 3.69. The van der Waals surface area contributed by atoms with Crippen LogP contribution in [0.5, 0.6) is 0 Å². The molecule has 6 nitrogen and oxygen atoms in total. The van der Waals surface area contributed by atoms with E-state index in [4.69, 9.17) is 11.6 Å². The van der Waals surface area contributed by atoms with Gasteiger partial charge in [0.25, 0.3) is 5.69 Å². The number of carbonyl (C=O) groups excluding carboxylic acids is 2. The van der Waals surface area contributed by atoms with Crippen LogP contribution in [0, 0.1) is 15.5 Å². The first kappa shape index (κ1) is 19.9. The van der Waals surface area contributed by atoms with Crippen molar-refractivity contribution in [3.05, 3.63) is 75.0 Å². The molecule has 1 fully saturated rings. The van der Waals surface area contributed by atoms with E-state index in [1.54, 1.807) is 25.2 Å². The van der Waals surface area contributed by atoms with Crippen molar-refractivity contribution in [2.24, 2.45) is 10.4 Å². The Balaban J connectivity index is 2.16. The number of Topliss-reactive ketones (excluding diaryl/α,β-unsaturated/α-hetero) is 2. The van der Waals surface area contributed by atoms with Crippen LogP contribution < -0.4 is 0 Å². The SMILES string of the molecule is CC1=CC=CC=CC(C2(C(=O)c3ccc([N+](=O)[O-])cc3Cl)CCCCC2=O)=N1. The summed E-state index contributed by atoms with van der Waals surface area (Å²) in [6.07, 6.45) is 10.9. The van der Waals surface area contributed by atoms with Crippen molar-refractivity contribution in [3.8, 4) is 0 Å². The van der Waals surface area contributed by atoms with Crippen LogP contribution in [-0.4, -0.2) is 22.2 Å². The largest absolute Gasteiger partial charge is 0.298 e. The van der Waals surface area contributed by atoms with Crippen LogP contribution in [0.4, 0.5) is 5.69 Å². The molecular formula is C21H19ClN2O4. The van der Waals surface area contributed by atoms with E-state index in [9.17, 15) is 19.7 Å². The first-order valence-corrected chi connectivity index (χ1v) is 9.37. The molecule has 0 bridgehead atoms. The maximum Gasteiger partial charge on any atom is 0.270 e. The van der Waals surface area contributed by atoms with Crippen LogP contribution in [0.3, 0.4) is 0 Å². The molecule has 2 aliphatic rings. The van der Waals surface area contributed by atoms with E-state index in [0.717, 1.165) is 6.07 Å². The van der Waals surface area contributed by atoms with Gasteiger partial charge in [-0.2, -0.15) is 0 Å². The normalized spacial score (nSPS) is 22.1.